The molecule has 0 amide bonds. The molecule has 1 saturated heterocycles. The lowest BCUT2D eigenvalue weighted by molar-refractivity contribution is 0.116. The molecule has 18 heavy (non-hydrogen) atoms. The van der Waals surface area contributed by atoms with Crippen molar-refractivity contribution in [2.24, 2.45) is 5.92 Å². The fourth-order valence-electron chi connectivity index (χ4n) is 2.98. The minimum atomic E-state index is 0.540. The number of nitrogens with one attached hydrogen (secondary N) is 1. The summed E-state index contributed by atoms with van der Waals surface area (Å²) in [5, 5.41) is 3.41. The van der Waals surface area contributed by atoms with Crippen molar-refractivity contribution in [3.05, 3.63) is 35.9 Å². The predicted octanol–water partition coefficient (Wildman–Crippen LogP) is 3.07. The molecule has 3 atom stereocenters. The van der Waals surface area contributed by atoms with Crippen LogP contribution in [0.4, 0.5) is 0 Å². The van der Waals surface area contributed by atoms with Crippen molar-refractivity contribution in [3.63, 3.8) is 0 Å². The second kappa shape index (κ2) is 6.35. The standard InChI is InChI=1S/C16H26N2/c1-13(17-3)16-10-7-11-18(12-16)14(2)15-8-5-4-6-9-15/h4-6,8-9,13-14,16-17H,7,10-12H2,1-3H3. The van der Waals surface area contributed by atoms with Gasteiger partial charge in [-0.25, -0.2) is 0 Å². The highest BCUT2D eigenvalue weighted by Crippen LogP contribution is 2.27. The summed E-state index contributed by atoms with van der Waals surface area (Å²) < 4.78 is 0. The number of benzene rings is 1. The lowest BCUT2D eigenvalue weighted by atomic mass is 9.90. The van der Waals surface area contributed by atoms with Gasteiger partial charge in [0.15, 0.2) is 0 Å². The van der Waals surface area contributed by atoms with E-state index in [1.54, 1.807) is 0 Å². The zero-order valence-electron chi connectivity index (χ0n) is 11.9. The SMILES string of the molecule is CNC(C)C1CCCN(C(C)c2ccccc2)C1. The summed E-state index contributed by atoms with van der Waals surface area (Å²) in [6.45, 7) is 7.10. The minimum Gasteiger partial charge on any atom is -0.317 e. The number of nitrogens with zero attached hydrogens (tertiary/aromatic N) is 1. The molecular formula is C16H26N2. The third-order valence-corrected chi connectivity index (χ3v) is 4.48. The van der Waals surface area contributed by atoms with Gasteiger partial charge in [-0.1, -0.05) is 30.3 Å². The van der Waals surface area contributed by atoms with Crippen LogP contribution >= 0.6 is 0 Å². The van der Waals surface area contributed by atoms with Gasteiger partial charge in [-0.3, -0.25) is 4.90 Å². The van der Waals surface area contributed by atoms with Crippen LogP contribution in [-0.4, -0.2) is 31.1 Å². The molecule has 1 aromatic rings. The van der Waals surface area contributed by atoms with Gasteiger partial charge in [0.25, 0.3) is 0 Å². The van der Waals surface area contributed by atoms with Gasteiger partial charge in [-0.05, 0) is 51.8 Å². The van der Waals surface area contributed by atoms with Crippen LogP contribution in [0.5, 0.6) is 0 Å². The summed E-state index contributed by atoms with van der Waals surface area (Å²) >= 11 is 0. The molecule has 0 spiro atoms. The molecule has 2 rings (SSSR count). The van der Waals surface area contributed by atoms with E-state index in [0.29, 0.717) is 12.1 Å². The van der Waals surface area contributed by atoms with Gasteiger partial charge in [0, 0.05) is 18.6 Å². The summed E-state index contributed by atoms with van der Waals surface area (Å²) in [5.41, 5.74) is 1.44. The first kappa shape index (κ1) is 13.6. The first-order valence-electron chi connectivity index (χ1n) is 7.18. The molecule has 2 heteroatoms. The Morgan fingerprint density at radius 3 is 2.61 bits per heavy atom. The Morgan fingerprint density at radius 2 is 1.94 bits per heavy atom. The van der Waals surface area contributed by atoms with Crippen molar-refractivity contribution in [2.45, 2.75) is 38.8 Å². The van der Waals surface area contributed by atoms with Gasteiger partial charge >= 0.3 is 0 Å². The van der Waals surface area contributed by atoms with Crippen LogP contribution in [0.15, 0.2) is 30.3 Å². The molecule has 0 saturated carbocycles. The average molecular weight is 246 g/mol. The number of hydrogen-bond donors (Lipinski definition) is 1. The molecule has 1 aliphatic heterocycles. The molecule has 0 bridgehead atoms. The van der Waals surface area contributed by atoms with E-state index in [2.05, 4.69) is 61.4 Å². The van der Waals surface area contributed by atoms with E-state index >= 15 is 0 Å². The van der Waals surface area contributed by atoms with E-state index in [-0.39, 0.29) is 0 Å². The third-order valence-electron chi connectivity index (χ3n) is 4.48. The fourth-order valence-corrected chi connectivity index (χ4v) is 2.98. The van der Waals surface area contributed by atoms with Crippen molar-refractivity contribution >= 4 is 0 Å². The molecule has 3 unspecified atom stereocenters. The first-order valence-corrected chi connectivity index (χ1v) is 7.18. The Labute approximate surface area is 111 Å². The Kier molecular flexibility index (Phi) is 4.79. The molecule has 0 aliphatic carbocycles. The largest absolute Gasteiger partial charge is 0.317 e. The highest BCUT2D eigenvalue weighted by molar-refractivity contribution is 5.18. The number of hydrogen-bond acceptors (Lipinski definition) is 2. The predicted molar refractivity (Wildman–Crippen MR) is 77.7 cm³/mol. The Balaban J connectivity index is 2.00. The maximum Gasteiger partial charge on any atom is 0.0320 e. The van der Waals surface area contributed by atoms with Gasteiger partial charge in [-0.15, -0.1) is 0 Å². The van der Waals surface area contributed by atoms with E-state index in [0.717, 1.165) is 5.92 Å². The van der Waals surface area contributed by atoms with Crippen molar-refractivity contribution in [2.75, 3.05) is 20.1 Å². The topological polar surface area (TPSA) is 15.3 Å². The average Bonchev–Trinajstić information content (AvgIpc) is 2.46. The van der Waals surface area contributed by atoms with Crippen LogP contribution in [-0.2, 0) is 0 Å². The second-order valence-electron chi connectivity index (χ2n) is 5.56. The molecule has 1 heterocycles. The maximum atomic E-state index is 3.41. The second-order valence-corrected chi connectivity index (χ2v) is 5.56. The summed E-state index contributed by atoms with van der Waals surface area (Å²) in [7, 11) is 2.07. The van der Waals surface area contributed by atoms with Gasteiger partial charge < -0.3 is 5.32 Å². The molecule has 1 aliphatic rings. The zero-order chi connectivity index (χ0) is 13.0. The van der Waals surface area contributed by atoms with Crippen LogP contribution in [0.25, 0.3) is 0 Å². The van der Waals surface area contributed by atoms with Crippen molar-refractivity contribution in [3.8, 4) is 0 Å². The summed E-state index contributed by atoms with van der Waals surface area (Å²) in [6.07, 6.45) is 2.69. The summed E-state index contributed by atoms with van der Waals surface area (Å²) in [4.78, 5) is 2.64. The van der Waals surface area contributed by atoms with Gasteiger partial charge in [0.2, 0.25) is 0 Å². The molecular weight excluding hydrogens is 220 g/mol. The highest BCUT2D eigenvalue weighted by atomic mass is 15.2. The van der Waals surface area contributed by atoms with Crippen LogP contribution in [0.3, 0.4) is 0 Å². The number of likely N-dealkylation sites (tertiary alicyclic amines) is 1. The zero-order valence-corrected chi connectivity index (χ0v) is 11.9. The van der Waals surface area contributed by atoms with E-state index in [1.807, 2.05) is 0 Å². The normalized spacial score (nSPS) is 24.7. The van der Waals surface area contributed by atoms with Gasteiger partial charge in [0.1, 0.15) is 0 Å². The quantitative estimate of drug-likeness (QED) is 0.878. The van der Waals surface area contributed by atoms with E-state index < -0.39 is 0 Å². The van der Waals surface area contributed by atoms with Gasteiger partial charge in [0.05, 0.1) is 0 Å². The van der Waals surface area contributed by atoms with Crippen LogP contribution in [0, 0.1) is 5.92 Å². The van der Waals surface area contributed by atoms with Crippen LogP contribution in [0.1, 0.15) is 38.3 Å². The molecule has 1 N–H and O–H groups in total. The summed E-state index contributed by atoms with van der Waals surface area (Å²) in [5.74, 6) is 0.787. The first-order chi connectivity index (χ1) is 8.72. The summed E-state index contributed by atoms with van der Waals surface area (Å²) in [6, 6.07) is 12.0. The minimum absolute atomic E-state index is 0.540. The molecule has 1 fully saturated rings. The van der Waals surface area contributed by atoms with Crippen molar-refractivity contribution in [1.82, 2.24) is 10.2 Å². The van der Waals surface area contributed by atoms with Crippen molar-refractivity contribution < 1.29 is 0 Å². The fraction of sp³-hybridized carbons (Fsp3) is 0.625. The Bertz CT molecular complexity index is 349. The smallest absolute Gasteiger partial charge is 0.0320 e. The highest BCUT2D eigenvalue weighted by Gasteiger charge is 2.26. The molecule has 0 radical (unpaired) electrons. The monoisotopic (exact) mass is 246 g/mol. The molecule has 2 nitrogen and oxygen atoms in total. The maximum absolute atomic E-state index is 3.41. The lowest BCUT2D eigenvalue weighted by Crippen LogP contribution is -2.44. The van der Waals surface area contributed by atoms with Crippen LogP contribution < -0.4 is 5.32 Å². The third kappa shape index (κ3) is 3.12. The number of rotatable bonds is 4. The van der Waals surface area contributed by atoms with Gasteiger partial charge in [-0.2, -0.15) is 0 Å². The Hall–Kier alpha value is -0.860. The van der Waals surface area contributed by atoms with E-state index in [9.17, 15) is 0 Å². The Morgan fingerprint density at radius 1 is 1.22 bits per heavy atom. The van der Waals surface area contributed by atoms with E-state index in [1.165, 1.54) is 31.5 Å². The molecule has 100 valence electrons. The van der Waals surface area contributed by atoms with E-state index in [4.69, 9.17) is 0 Å². The lowest BCUT2D eigenvalue weighted by Gasteiger charge is -2.39. The number of piperidine rings is 1. The van der Waals surface area contributed by atoms with Crippen LogP contribution in [0.2, 0.25) is 0 Å². The molecule has 1 aromatic carbocycles. The van der Waals surface area contributed by atoms with Crippen molar-refractivity contribution in [1.29, 1.82) is 0 Å². The molecule has 0 aromatic heterocycles.